The highest BCUT2D eigenvalue weighted by molar-refractivity contribution is 5.51. The number of nitrogens with one attached hydrogen (secondary N) is 1. The lowest BCUT2D eigenvalue weighted by Gasteiger charge is -2.11. The summed E-state index contributed by atoms with van der Waals surface area (Å²) in [4.78, 5) is 3.99. The van der Waals surface area contributed by atoms with Crippen molar-refractivity contribution < 1.29 is 9.84 Å². The van der Waals surface area contributed by atoms with E-state index in [4.69, 9.17) is 4.74 Å². The number of aliphatic hydroxyl groups excluding tert-OH is 1. The molecule has 4 nitrogen and oxygen atoms in total. The highest BCUT2D eigenvalue weighted by atomic mass is 16.5. The lowest BCUT2D eigenvalue weighted by Crippen LogP contribution is -2.02. The molecule has 4 heteroatoms. The van der Waals surface area contributed by atoms with Crippen LogP contribution in [0.2, 0.25) is 0 Å². The van der Waals surface area contributed by atoms with Crippen molar-refractivity contribution in [1.29, 1.82) is 0 Å². The third-order valence-corrected chi connectivity index (χ3v) is 3.75. The van der Waals surface area contributed by atoms with Crippen LogP contribution in [0.15, 0.2) is 73.1 Å². The Bertz CT molecular complexity index is 758. The number of hydrogen-bond donors (Lipinski definition) is 2. The fourth-order valence-corrected chi connectivity index (χ4v) is 2.38. The number of aliphatic hydroxyl groups is 1. The molecule has 2 aromatic carbocycles. The van der Waals surface area contributed by atoms with Crippen LogP contribution in [0.1, 0.15) is 16.7 Å². The first-order valence-corrected chi connectivity index (χ1v) is 7.88. The summed E-state index contributed by atoms with van der Waals surface area (Å²) >= 11 is 0. The van der Waals surface area contributed by atoms with Gasteiger partial charge in [0.05, 0.1) is 6.61 Å². The summed E-state index contributed by atoms with van der Waals surface area (Å²) in [6.45, 7) is 1.26. The van der Waals surface area contributed by atoms with Crippen LogP contribution in [-0.2, 0) is 19.8 Å². The van der Waals surface area contributed by atoms with Crippen molar-refractivity contribution in [2.75, 3.05) is 5.32 Å². The molecule has 0 aliphatic rings. The predicted octanol–water partition coefficient (Wildman–Crippen LogP) is 3.77. The molecule has 0 aliphatic heterocycles. The molecule has 24 heavy (non-hydrogen) atoms. The van der Waals surface area contributed by atoms with Crippen molar-refractivity contribution in [2.24, 2.45) is 0 Å². The number of anilines is 1. The third-order valence-electron chi connectivity index (χ3n) is 3.75. The molecule has 1 aromatic heterocycles. The highest BCUT2D eigenvalue weighted by Crippen LogP contribution is 2.18. The van der Waals surface area contributed by atoms with E-state index in [9.17, 15) is 5.11 Å². The topological polar surface area (TPSA) is 54.4 Å². The standard InChI is InChI=1S/C20H20N2O2/c23-14-18-3-1-2-4-20(18)22-13-16-5-7-19(8-6-16)24-15-17-9-11-21-12-10-17/h1-12,22-23H,13-15H2. The maximum absolute atomic E-state index is 9.34. The lowest BCUT2D eigenvalue weighted by molar-refractivity contribution is 0.282. The van der Waals surface area contributed by atoms with Crippen LogP contribution in [0.5, 0.6) is 5.75 Å². The van der Waals surface area contributed by atoms with Gasteiger partial charge < -0.3 is 15.2 Å². The van der Waals surface area contributed by atoms with Crippen molar-refractivity contribution in [2.45, 2.75) is 19.8 Å². The van der Waals surface area contributed by atoms with E-state index in [1.54, 1.807) is 12.4 Å². The Morgan fingerprint density at radius 2 is 1.62 bits per heavy atom. The molecule has 0 saturated carbocycles. The van der Waals surface area contributed by atoms with Gasteiger partial charge in [-0.2, -0.15) is 0 Å². The SMILES string of the molecule is OCc1ccccc1NCc1ccc(OCc2ccncc2)cc1. The van der Waals surface area contributed by atoms with Gasteiger partial charge in [-0.1, -0.05) is 30.3 Å². The molecule has 3 rings (SSSR count). The Hall–Kier alpha value is -2.85. The zero-order chi connectivity index (χ0) is 16.6. The lowest BCUT2D eigenvalue weighted by atomic mass is 10.1. The van der Waals surface area contributed by atoms with Crippen LogP contribution in [0, 0.1) is 0 Å². The molecule has 0 saturated heterocycles. The molecular weight excluding hydrogens is 300 g/mol. The number of pyridine rings is 1. The van der Waals surface area contributed by atoms with Gasteiger partial charge in [-0.15, -0.1) is 0 Å². The number of ether oxygens (including phenoxy) is 1. The van der Waals surface area contributed by atoms with Gasteiger partial charge in [0, 0.05) is 30.2 Å². The van der Waals surface area contributed by atoms with E-state index in [0.29, 0.717) is 13.2 Å². The average molecular weight is 320 g/mol. The summed E-state index contributed by atoms with van der Waals surface area (Å²) < 4.78 is 5.77. The number of aromatic nitrogens is 1. The summed E-state index contributed by atoms with van der Waals surface area (Å²) in [6, 6.07) is 19.7. The minimum Gasteiger partial charge on any atom is -0.489 e. The Morgan fingerprint density at radius 1 is 0.875 bits per heavy atom. The average Bonchev–Trinajstić information content (AvgIpc) is 2.66. The van der Waals surface area contributed by atoms with Crippen LogP contribution in [0.3, 0.4) is 0 Å². The third kappa shape index (κ3) is 4.33. The maximum Gasteiger partial charge on any atom is 0.119 e. The van der Waals surface area contributed by atoms with Gasteiger partial charge in [-0.25, -0.2) is 0 Å². The van der Waals surface area contributed by atoms with Crippen LogP contribution in [-0.4, -0.2) is 10.1 Å². The normalized spacial score (nSPS) is 10.4. The van der Waals surface area contributed by atoms with E-state index in [1.165, 1.54) is 0 Å². The minimum atomic E-state index is 0.0327. The monoisotopic (exact) mass is 320 g/mol. The van der Waals surface area contributed by atoms with Gasteiger partial charge in [0.2, 0.25) is 0 Å². The molecule has 2 N–H and O–H groups in total. The van der Waals surface area contributed by atoms with Crippen LogP contribution in [0.25, 0.3) is 0 Å². The van der Waals surface area contributed by atoms with Gasteiger partial charge >= 0.3 is 0 Å². The molecule has 0 amide bonds. The molecule has 0 fully saturated rings. The first-order valence-electron chi connectivity index (χ1n) is 7.88. The first-order chi connectivity index (χ1) is 11.8. The molecule has 0 atom stereocenters. The van der Waals surface area contributed by atoms with E-state index in [1.807, 2.05) is 60.7 Å². The van der Waals surface area contributed by atoms with Gasteiger partial charge in [0.1, 0.15) is 12.4 Å². The van der Waals surface area contributed by atoms with Crippen LogP contribution < -0.4 is 10.1 Å². The second-order valence-corrected chi connectivity index (χ2v) is 5.46. The quantitative estimate of drug-likeness (QED) is 0.696. The zero-order valence-electron chi connectivity index (χ0n) is 13.4. The first kappa shape index (κ1) is 16.0. The smallest absolute Gasteiger partial charge is 0.119 e. The van der Waals surface area contributed by atoms with Gasteiger partial charge in [0.25, 0.3) is 0 Å². The fraction of sp³-hybridized carbons (Fsp3) is 0.150. The van der Waals surface area contributed by atoms with Gasteiger partial charge in [0.15, 0.2) is 0 Å². The van der Waals surface area contributed by atoms with Crippen LogP contribution >= 0.6 is 0 Å². The Balaban J connectivity index is 1.54. The molecule has 0 aliphatic carbocycles. The number of rotatable bonds is 7. The summed E-state index contributed by atoms with van der Waals surface area (Å²) in [6.07, 6.45) is 3.52. The maximum atomic E-state index is 9.34. The van der Waals surface area contributed by atoms with Gasteiger partial charge in [-0.05, 0) is 41.5 Å². The second kappa shape index (κ2) is 8.13. The summed E-state index contributed by atoms with van der Waals surface area (Å²) in [5.41, 5.74) is 4.10. The predicted molar refractivity (Wildman–Crippen MR) is 94.7 cm³/mol. The second-order valence-electron chi connectivity index (χ2n) is 5.46. The Kier molecular flexibility index (Phi) is 5.43. The Morgan fingerprint density at radius 3 is 2.38 bits per heavy atom. The summed E-state index contributed by atoms with van der Waals surface area (Å²) in [7, 11) is 0. The van der Waals surface area contributed by atoms with Crippen molar-refractivity contribution in [3.05, 3.63) is 89.7 Å². The Labute approximate surface area is 141 Å². The number of benzene rings is 2. The molecule has 1 heterocycles. The van der Waals surface area contributed by atoms with Gasteiger partial charge in [-0.3, -0.25) is 4.98 Å². The number of nitrogens with zero attached hydrogens (tertiary/aromatic N) is 1. The largest absolute Gasteiger partial charge is 0.489 e. The molecule has 0 spiro atoms. The molecule has 0 radical (unpaired) electrons. The minimum absolute atomic E-state index is 0.0327. The van der Waals surface area contributed by atoms with E-state index in [-0.39, 0.29) is 6.61 Å². The van der Waals surface area contributed by atoms with Crippen molar-refractivity contribution in [3.63, 3.8) is 0 Å². The summed E-state index contributed by atoms with van der Waals surface area (Å²) in [5.74, 6) is 0.839. The molecule has 0 bridgehead atoms. The zero-order valence-corrected chi connectivity index (χ0v) is 13.4. The number of para-hydroxylation sites is 1. The van der Waals surface area contributed by atoms with E-state index >= 15 is 0 Å². The van der Waals surface area contributed by atoms with Crippen molar-refractivity contribution >= 4 is 5.69 Å². The van der Waals surface area contributed by atoms with Crippen molar-refractivity contribution in [3.8, 4) is 5.75 Å². The molecule has 0 unspecified atom stereocenters. The van der Waals surface area contributed by atoms with Crippen molar-refractivity contribution in [1.82, 2.24) is 4.98 Å². The molecule has 122 valence electrons. The van der Waals surface area contributed by atoms with E-state index in [2.05, 4.69) is 10.3 Å². The van der Waals surface area contributed by atoms with Crippen LogP contribution in [0.4, 0.5) is 5.69 Å². The molecule has 3 aromatic rings. The van der Waals surface area contributed by atoms with E-state index in [0.717, 1.165) is 28.1 Å². The molecular formula is C20H20N2O2. The highest BCUT2D eigenvalue weighted by Gasteiger charge is 2.01. The number of hydrogen-bond acceptors (Lipinski definition) is 4. The summed E-state index contributed by atoms with van der Waals surface area (Å²) in [5, 5.41) is 12.7. The van der Waals surface area contributed by atoms with E-state index < -0.39 is 0 Å². The fourth-order valence-electron chi connectivity index (χ4n) is 2.38.